The SMILES string of the molecule is COc1ccc(F)cc1S(=O)(=O)N[C@H](c1ccsc1)c1cccs1. The van der Waals surface area contributed by atoms with Crippen LogP contribution < -0.4 is 9.46 Å². The van der Waals surface area contributed by atoms with Gasteiger partial charge in [0.15, 0.2) is 0 Å². The molecule has 2 aromatic heterocycles. The molecule has 1 N–H and O–H groups in total. The van der Waals surface area contributed by atoms with Crippen molar-refractivity contribution in [2.24, 2.45) is 0 Å². The van der Waals surface area contributed by atoms with Crippen LogP contribution in [0.5, 0.6) is 5.75 Å². The number of sulfonamides is 1. The summed E-state index contributed by atoms with van der Waals surface area (Å²) >= 11 is 2.93. The van der Waals surface area contributed by atoms with Gasteiger partial charge in [0.1, 0.15) is 16.5 Å². The summed E-state index contributed by atoms with van der Waals surface area (Å²) in [7, 11) is -2.63. The second-order valence-corrected chi connectivity index (χ2v) is 8.36. The fourth-order valence-electron chi connectivity index (χ4n) is 2.26. The van der Waals surface area contributed by atoms with Gasteiger partial charge in [-0.05, 0) is 52.0 Å². The maximum atomic E-state index is 13.6. The van der Waals surface area contributed by atoms with E-state index in [1.165, 1.54) is 35.8 Å². The van der Waals surface area contributed by atoms with Gasteiger partial charge in [-0.3, -0.25) is 0 Å². The number of nitrogens with one attached hydrogen (secondary N) is 1. The van der Waals surface area contributed by atoms with Crippen LogP contribution in [0.2, 0.25) is 0 Å². The van der Waals surface area contributed by atoms with Gasteiger partial charge in [0, 0.05) is 4.88 Å². The predicted octanol–water partition coefficient (Wildman–Crippen LogP) is 4.03. The summed E-state index contributed by atoms with van der Waals surface area (Å²) < 4.78 is 46.9. The standard InChI is InChI=1S/C16H14FNO3S3/c1-21-13-5-4-12(17)9-15(13)24(19,20)18-16(11-6-8-22-10-11)14-3-2-7-23-14/h2-10,16,18H,1H3/t16-/m1/s1. The lowest BCUT2D eigenvalue weighted by Crippen LogP contribution is -2.29. The molecular weight excluding hydrogens is 369 g/mol. The first kappa shape index (κ1) is 17.1. The zero-order valence-electron chi connectivity index (χ0n) is 12.6. The van der Waals surface area contributed by atoms with Gasteiger partial charge >= 0.3 is 0 Å². The Hall–Kier alpha value is -1.74. The molecule has 0 bridgehead atoms. The summed E-state index contributed by atoms with van der Waals surface area (Å²) in [5.41, 5.74) is 0.835. The normalized spacial score (nSPS) is 12.9. The molecule has 1 atom stereocenters. The number of hydrogen-bond acceptors (Lipinski definition) is 5. The van der Waals surface area contributed by atoms with Crippen LogP contribution in [-0.4, -0.2) is 15.5 Å². The van der Waals surface area contributed by atoms with Gasteiger partial charge < -0.3 is 4.74 Å². The minimum atomic E-state index is -3.98. The van der Waals surface area contributed by atoms with E-state index >= 15 is 0 Å². The van der Waals surface area contributed by atoms with Gasteiger partial charge in [-0.2, -0.15) is 16.1 Å². The van der Waals surface area contributed by atoms with Crippen molar-refractivity contribution in [2.75, 3.05) is 7.11 Å². The average Bonchev–Trinajstić information content (AvgIpc) is 3.26. The van der Waals surface area contributed by atoms with Gasteiger partial charge in [-0.1, -0.05) is 6.07 Å². The lowest BCUT2D eigenvalue weighted by atomic mass is 10.1. The fraction of sp³-hybridized carbons (Fsp3) is 0.125. The number of thiophene rings is 2. The number of methoxy groups -OCH3 is 1. The quantitative estimate of drug-likeness (QED) is 0.699. The molecule has 3 aromatic rings. The van der Waals surface area contributed by atoms with E-state index < -0.39 is 21.9 Å². The number of rotatable bonds is 6. The van der Waals surface area contributed by atoms with Crippen molar-refractivity contribution in [3.05, 3.63) is 68.8 Å². The van der Waals surface area contributed by atoms with E-state index in [1.54, 1.807) is 0 Å². The maximum absolute atomic E-state index is 13.6. The van der Waals surface area contributed by atoms with Gasteiger partial charge in [-0.15, -0.1) is 11.3 Å². The third-order valence-corrected chi connectivity index (χ3v) is 6.48. The van der Waals surface area contributed by atoms with Crippen molar-refractivity contribution in [3.8, 4) is 5.75 Å². The molecular formula is C16H14FNO3S3. The van der Waals surface area contributed by atoms with Crippen molar-refractivity contribution < 1.29 is 17.5 Å². The van der Waals surface area contributed by atoms with Crippen LogP contribution in [0.25, 0.3) is 0 Å². The largest absolute Gasteiger partial charge is 0.495 e. The Morgan fingerprint density at radius 1 is 1.21 bits per heavy atom. The molecule has 126 valence electrons. The molecule has 0 amide bonds. The summed E-state index contributed by atoms with van der Waals surface area (Å²) in [6.07, 6.45) is 0. The maximum Gasteiger partial charge on any atom is 0.245 e. The first-order valence-corrected chi connectivity index (χ1v) is 10.2. The van der Waals surface area contributed by atoms with Crippen LogP contribution in [0.15, 0.2) is 57.4 Å². The van der Waals surface area contributed by atoms with Crippen molar-refractivity contribution in [3.63, 3.8) is 0 Å². The lowest BCUT2D eigenvalue weighted by molar-refractivity contribution is 0.400. The second kappa shape index (κ2) is 7.02. The highest BCUT2D eigenvalue weighted by atomic mass is 32.2. The van der Waals surface area contributed by atoms with E-state index in [2.05, 4.69) is 4.72 Å². The summed E-state index contributed by atoms with van der Waals surface area (Å²) in [5.74, 6) is -0.543. The molecule has 1 aromatic carbocycles. The molecule has 8 heteroatoms. The molecule has 2 heterocycles. The van der Waals surface area contributed by atoms with E-state index in [0.717, 1.165) is 22.6 Å². The monoisotopic (exact) mass is 383 g/mol. The fourth-order valence-corrected chi connectivity index (χ4v) is 5.21. The van der Waals surface area contributed by atoms with E-state index in [0.29, 0.717) is 0 Å². The molecule has 0 aliphatic heterocycles. The topological polar surface area (TPSA) is 55.4 Å². The van der Waals surface area contributed by atoms with E-state index in [-0.39, 0.29) is 10.6 Å². The van der Waals surface area contributed by atoms with Crippen LogP contribution in [0.4, 0.5) is 4.39 Å². The van der Waals surface area contributed by atoms with Gasteiger partial charge in [0.05, 0.1) is 13.2 Å². The highest BCUT2D eigenvalue weighted by Gasteiger charge is 2.27. The van der Waals surface area contributed by atoms with Crippen molar-refractivity contribution in [2.45, 2.75) is 10.9 Å². The Morgan fingerprint density at radius 3 is 2.67 bits per heavy atom. The Balaban J connectivity index is 2.02. The smallest absolute Gasteiger partial charge is 0.245 e. The zero-order valence-corrected chi connectivity index (χ0v) is 15.1. The molecule has 0 fully saturated rings. The number of hydrogen-bond donors (Lipinski definition) is 1. The van der Waals surface area contributed by atoms with Crippen molar-refractivity contribution in [1.82, 2.24) is 4.72 Å². The van der Waals surface area contributed by atoms with E-state index in [4.69, 9.17) is 4.74 Å². The molecule has 4 nitrogen and oxygen atoms in total. The van der Waals surface area contributed by atoms with E-state index in [1.807, 2.05) is 34.3 Å². The van der Waals surface area contributed by atoms with Crippen LogP contribution in [0.3, 0.4) is 0 Å². The highest BCUT2D eigenvalue weighted by molar-refractivity contribution is 7.89. The summed E-state index contributed by atoms with van der Waals surface area (Å²) in [6, 6.07) is 8.46. The molecule has 3 rings (SSSR count). The lowest BCUT2D eigenvalue weighted by Gasteiger charge is -2.18. The van der Waals surface area contributed by atoms with E-state index in [9.17, 15) is 12.8 Å². The third-order valence-electron chi connectivity index (χ3n) is 3.39. The first-order chi connectivity index (χ1) is 11.5. The third kappa shape index (κ3) is 3.51. The van der Waals surface area contributed by atoms with Crippen molar-refractivity contribution in [1.29, 1.82) is 0 Å². The molecule has 0 saturated carbocycles. The van der Waals surface area contributed by atoms with Crippen LogP contribution in [0.1, 0.15) is 16.5 Å². The van der Waals surface area contributed by atoms with Crippen LogP contribution in [-0.2, 0) is 10.0 Å². The molecule has 0 unspecified atom stereocenters. The average molecular weight is 383 g/mol. The van der Waals surface area contributed by atoms with Crippen molar-refractivity contribution >= 4 is 32.7 Å². The number of halogens is 1. The predicted molar refractivity (Wildman–Crippen MR) is 93.8 cm³/mol. The summed E-state index contributed by atoms with van der Waals surface area (Å²) in [4.78, 5) is 0.633. The molecule has 0 aliphatic rings. The minimum Gasteiger partial charge on any atom is -0.495 e. The Kier molecular flexibility index (Phi) is 5.00. The Morgan fingerprint density at radius 2 is 2.04 bits per heavy atom. The Bertz CT molecular complexity index is 872. The Labute approximate surface area is 147 Å². The molecule has 0 radical (unpaired) electrons. The van der Waals surface area contributed by atoms with Crippen LogP contribution >= 0.6 is 22.7 Å². The molecule has 24 heavy (non-hydrogen) atoms. The molecule has 0 aliphatic carbocycles. The second-order valence-electron chi connectivity index (χ2n) is 4.92. The highest BCUT2D eigenvalue weighted by Crippen LogP contribution is 2.31. The molecule has 0 spiro atoms. The zero-order chi connectivity index (χ0) is 17.2. The van der Waals surface area contributed by atoms with Gasteiger partial charge in [-0.25, -0.2) is 12.8 Å². The summed E-state index contributed by atoms with van der Waals surface area (Å²) in [6.45, 7) is 0. The minimum absolute atomic E-state index is 0.0964. The first-order valence-electron chi connectivity index (χ1n) is 6.92. The number of benzene rings is 1. The molecule has 0 saturated heterocycles. The summed E-state index contributed by atoms with van der Waals surface area (Å²) in [5, 5.41) is 5.65. The number of ether oxygens (including phenoxy) is 1. The van der Waals surface area contributed by atoms with Gasteiger partial charge in [0.2, 0.25) is 10.0 Å². The van der Waals surface area contributed by atoms with Crippen LogP contribution in [0, 0.1) is 5.82 Å². The van der Waals surface area contributed by atoms with Gasteiger partial charge in [0.25, 0.3) is 0 Å².